The number of nitrogens with zero attached hydrogens (tertiary/aromatic N) is 1. The Morgan fingerprint density at radius 1 is 1.10 bits per heavy atom. The molecule has 2 rings (SSSR count). The van der Waals surface area contributed by atoms with Gasteiger partial charge < -0.3 is 4.90 Å². The lowest BCUT2D eigenvalue weighted by molar-refractivity contribution is 0.351. The summed E-state index contributed by atoms with van der Waals surface area (Å²) < 4.78 is 0. The fraction of sp³-hybridized carbons (Fsp3) is 0.700. The minimum Gasteiger partial charge on any atom is -0.372 e. The first-order chi connectivity index (χ1) is 10.2. The molecule has 1 nitrogen and oxygen atoms in total. The zero-order chi connectivity index (χ0) is 15.1. The first-order valence-electron chi connectivity index (χ1n) is 9.03. The van der Waals surface area contributed by atoms with Crippen LogP contribution in [0.2, 0.25) is 0 Å². The molecule has 0 saturated carbocycles. The van der Waals surface area contributed by atoms with Crippen LogP contribution in [0.3, 0.4) is 0 Å². The van der Waals surface area contributed by atoms with E-state index in [4.69, 9.17) is 0 Å². The highest BCUT2D eigenvalue weighted by Gasteiger charge is 2.19. The second-order valence-electron chi connectivity index (χ2n) is 7.17. The van der Waals surface area contributed by atoms with Crippen molar-refractivity contribution in [2.24, 2.45) is 11.8 Å². The molecule has 0 radical (unpaired) electrons. The second-order valence-corrected chi connectivity index (χ2v) is 7.17. The van der Waals surface area contributed by atoms with Gasteiger partial charge in [0.15, 0.2) is 0 Å². The van der Waals surface area contributed by atoms with Gasteiger partial charge in [-0.15, -0.1) is 0 Å². The van der Waals surface area contributed by atoms with Crippen LogP contribution in [0.5, 0.6) is 0 Å². The maximum Gasteiger partial charge on any atom is 0.0366 e. The maximum atomic E-state index is 2.58. The van der Waals surface area contributed by atoms with Crippen LogP contribution in [0, 0.1) is 11.8 Å². The second kappa shape index (κ2) is 8.46. The van der Waals surface area contributed by atoms with Crippen LogP contribution >= 0.6 is 0 Å². The van der Waals surface area contributed by atoms with Crippen LogP contribution in [0.15, 0.2) is 24.3 Å². The number of hydrogen-bond donors (Lipinski definition) is 0. The van der Waals surface area contributed by atoms with Crippen LogP contribution in [-0.4, -0.2) is 13.1 Å². The lowest BCUT2D eigenvalue weighted by atomic mass is 9.89. The van der Waals surface area contributed by atoms with Crippen molar-refractivity contribution in [2.75, 3.05) is 18.0 Å². The Kier molecular flexibility index (Phi) is 6.60. The first-order valence-corrected chi connectivity index (χ1v) is 9.03. The molecule has 1 fully saturated rings. The van der Waals surface area contributed by atoms with Gasteiger partial charge in [0.25, 0.3) is 0 Å². The zero-order valence-corrected chi connectivity index (χ0v) is 14.3. The van der Waals surface area contributed by atoms with E-state index in [-0.39, 0.29) is 0 Å². The molecule has 1 aliphatic heterocycles. The van der Waals surface area contributed by atoms with Gasteiger partial charge in [0, 0.05) is 18.8 Å². The molecule has 0 unspecified atom stereocenters. The lowest BCUT2D eigenvalue weighted by Gasteiger charge is -2.34. The summed E-state index contributed by atoms with van der Waals surface area (Å²) >= 11 is 0. The Morgan fingerprint density at radius 3 is 2.33 bits per heavy atom. The topological polar surface area (TPSA) is 3.24 Å². The van der Waals surface area contributed by atoms with E-state index >= 15 is 0 Å². The molecular formula is C20H33N. The van der Waals surface area contributed by atoms with Crippen molar-refractivity contribution in [1.29, 1.82) is 0 Å². The third kappa shape index (κ3) is 5.37. The number of rotatable bonds is 7. The fourth-order valence-electron chi connectivity index (χ4n) is 3.30. The van der Waals surface area contributed by atoms with Crippen molar-refractivity contribution < 1.29 is 0 Å². The van der Waals surface area contributed by atoms with Crippen LogP contribution < -0.4 is 4.90 Å². The largest absolute Gasteiger partial charge is 0.372 e. The standard InChI is InChI=1S/C20H33N/c1-4-5-6-18-9-11-20(12-10-18)21-15-13-19(14-16-21)8-7-17(2)3/h9-12,17,19H,4-8,13-16H2,1-3H3. The molecule has 1 aromatic carbocycles. The highest BCUT2D eigenvalue weighted by atomic mass is 15.1. The number of piperidine rings is 1. The predicted molar refractivity (Wildman–Crippen MR) is 94.1 cm³/mol. The average molecular weight is 287 g/mol. The molecule has 1 aromatic rings. The van der Waals surface area contributed by atoms with Crippen LogP contribution in [0.25, 0.3) is 0 Å². The normalized spacial score (nSPS) is 16.7. The van der Waals surface area contributed by atoms with E-state index in [0.717, 1.165) is 11.8 Å². The maximum absolute atomic E-state index is 2.58. The first kappa shape index (κ1) is 16.4. The minimum atomic E-state index is 0.860. The molecule has 1 heterocycles. The smallest absolute Gasteiger partial charge is 0.0366 e. The Hall–Kier alpha value is -0.980. The molecule has 21 heavy (non-hydrogen) atoms. The summed E-state index contributed by atoms with van der Waals surface area (Å²) in [5.74, 6) is 1.83. The predicted octanol–water partition coefficient (Wildman–Crippen LogP) is 5.68. The van der Waals surface area contributed by atoms with E-state index in [1.54, 1.807) is 0 Å². The summed E-state index contributed by atoms with van der Waals surface area (Å²) in [5.41, 5.74) is 2.92. The van der Waals surface area contributed by atoms with E-state index in [0.29, 0.717) is 0 Å². The van der Waals surface area contributed by atoms with Crippen molar-refractivity contribution in [3.8, 4) is 0 Å². The number of benzene rings is 1. The third-order valence-electron chi connectivity index (χ3n) is 4.89. The monoisotopic (exact) mass is 287 g/mol. The zero-order valence-electron chi connectivity index (χ0n) is 14.3. The Labute approximate surface area is 131 Å². The quantitative estimate of drug-likeness (QED) is 0.623. The van der Waals surface area contributed by atoms with Crippen molar-refractivity contribution in [2.45, 2.75) is 65.7 Å². The van der Waals surface area contributed by atoms with Crippen molar-refractivity contribution in [3.05, 3.63) is 29.8 Å². The molecular weight excluding hydrogens is 254 g/mol. The van der Waals surface area contributed by atoms with Crippen molar-refractivity contribution in [3.63, 3.8) is 0 Å². The van der Waals surface area contributed by atoms with Gasteiger partial charge in [-0.05, 0) is 55.2 Å². The van der Waals surface area contributed by atoms with Gasteiger partial charge in [-0.25, -0.2) is 0 Å². The summed E-state index contributed by atoms with van der Waals surface area (Å²) in [7, 11) is 0. The minimum absolute atomic E-state index is 0.860. The fourth-order valence-corrected chi connectivity index (χ4v) is 3.30. The van der Waals surface area contributed by atoms with Crippen molar-refractivity contribution >= 4 is 5.69 Å². The van der Waals surface area contributed by atoms with E-state index in [1.807, 2.05) is 0 Å². The number of anilines is 1. The van der Waals surface area contributed by atoms with Gasteiger partial charge in [-0.2, -0.15) is 0 Å². The van der Waals surface area contributed by atoms with Gasteiger partial charge in [-0.1, -0.05) is 52.2 Å². The number of unbranched alkanes of at least 4 members (excludes halogenated alkanes) is 1. The lowest BCUT2D eigenvalue weighted by Crippen LogP contribution is -2.33. The molecule has 0 N–H and O–H groups in total. The third-order valence-corrected chi connectivity index (χ3v) is 4.89. The summed E-state index contributed by atoms with van der Waals surface area (Å²) in [6.07, 6.45) is 9.41. The van der Waals surface area contributed by atoms with Gasteiger partial charge in [0.05, 0.1) is 0 Å². The van der Waals surface area contributed by atoms with E-state index in [2.05, 4.69) is 49.9 Å². The van der Waals surface area contributed by atoms with Crippen LogP contribution in [-0.2, 0) is 6.42 Å². The molecule has 0 aliphatic carbocycles. The summed E-state index contributed by atoms with van der Waals surface area (Å²) in [5, 5.41) is 0. The Morgan fingerprint density at radius 2 is 1.76 bits per heavy atom. The van der Waals surface area contributed by atoms with Gasteiger partial charge in [-0.3, -0.25) is 0 Å². The SMILES string of the molecule is CCCCc1ccc(N2CCC(CCC(C)C)CC2)cc1. The van der Waals surface area contributed by atoms with Crippen LogP contribution in [0.4, 0.5) is 5.69 Å². The summed E-state index contributed by atoms with van der Waals surface area (Å²) in [6, 6.07) is 9.32. The van der Waals surface area contributed by atoms with Crippen molar-refractivity contribution in [1.82, 2.24) is 0 Å². The number of aryl methyl sites for hydroxylation is 1. The molecule has 0 amide bonds. The van der Waals surface area contributed by atoms with E-state index in [9.17, 15) is 0 Å². The van der Waals surface area contributed by atoms with Gasteiger partial charge >= 0.3 is 0 Å². The molecule has 1 aliphatic rings. The Bertz CT molecular complexity index is 385. The van der Waals surface area contributed by atoms with Gasteiger partial charge in [0.2, 0.25) is 0 Å². The van der Waals surface area contributed by atoms with E-state index in [1.165, 1.54) is 69.3 Å². The van der Waals surface area contributed by atoms with E-state index < -0.39 is 0 Å². The molecule has 0 atom stereocenters. The summed E-state index contributed by atoms with van der Waals surface area (Å²) in [4.78, 5) is 2.58. The highest BCUT2D eigenvalue weighted by Crippen LogP contribution is 2.27. The molecule has 0 aromatic heterocycles. The molecule has 0 bridgehead atoms. The molecule has 118 valence electrons. The average Bonchev–Trinajstić information content (AvgIpc) is 2.52. The molecule has 1 saturated heterocycles. The Balaban J connectivity index is 1.79. The molecule has 0 spiro atoms. The molecule has 1 heteroatoms. The highest BCUT2D eigenvalue weighted by molar-refractivity contribution is 5.48. The summed E-state index contributed by atoms with van der Waals surface area (Å²) in [6.45, 7) is 9.44. The van der Waals surface area contributed by atoms with Crippen LogP contribution in [0.1, 0.15) is 64.9 Å². The van der Waals surface area contributed by atoms with Gasteiger partial charge in [0.1, 0.15) is 0 Å². The number of hydrogen-bond acceptors (Lipinski definition) is 1.